The monoisotopic (exact) mass is 510 g/mol. The SMILES string of the molecule is CCCCCOc1ccc(NC(=S)NC(=O)c2cccnc2CN2CCOCC2)cc1C(F)(F)F. The molecular formula is C24H29F3N4O3S. The molecule has 190 valence electrons. The van der Waals surface area contributed by atoms with Crippen LogP contribution in [0, 0.1) is 0 Å². The van der Waals surface area contributed by atoms with Crippen molar-refractivity contribution in [2.45, 2.75) is 38.9 Å². The van der Waals surface area contributed by atoms with Crippen molar-refractivity contribution in [1.29, 1.82) is 0 Å². The van der Waals surface area contributed by atoms with Crippen LogP contribution in [0.15, 0.2) is 36.5 Å². The molecule has 1 aromatic heterocycles. The molecule has 1 aromatic carbocycles. The highest BCUT2D eigenvalue weighted by molar-refractivity contribution is 7.80. The van der Waals surface area contributed by atoms with Gasteiger partial charge in [0.1, 0.15) is 5.75 Å². The number of pyridine rings is 1. The minimum Gasteiger partial charge on any atom is -0.493 e. The van der Waals surface area contributed by atoms with Crippen molar-refractivity contribution in [2.24, 2.45) is 0 Å². The van der Waals surface area contributed by atoms with Crippen LogP contribution in [0.3, 0.4) is 0 Å². The summed E-state index contributed by atoms with van der Waals surface area (Å²) in [5.74, 6) is -0.733. The van der Waals surface area contributed by atoms with E-state index in [1.54, 1.807) is 18.3 Å². The Balaban J connectivity index is 1.65. The van der Waals surface area contributed by atoms with E-state index < -0.39 is 17.6 Å². The van der Waals surface area contributed by atoms with Crippen molar-refractivity contribution < 1.29 is 27.4 Å². The summed E-state index contributed by atoms with van der Waals surface area (Å²) in [6.45, 7) is 5.38. The molecule has 7 nitrogen and oxygen atoms in total. The number of aromatic nitrogens is 1. The van der Waals surface area contributed by atoms with Crippen LogP contribution in [0.5, 0.6) is 5.75 Å². The van der Waals surface area contributed by atoms with Gasteiger partial charge in [-0.05, 0) is 49.0 Å². The number of benzene rings is 1. The van der Waals surface area contributed by atoms with E-state index in [-0.39, 0.29) is 23.2 Å². The number of nitrogens with zero attached hydrogens (tertiary/aromatic N) is 2. The zero-order valence-corrected chi connectivity index (χ0v) is 20.3. The average molecular weight is 511 g/mol. The van der Waals surface area contributed by atoms with Gasteiger partial charge in [-0.1, -0.05) is 19.8 Å². The average Bonchev–Trinajstić information content (AvgIpc) is 2.83. The van der Waals surface area contributed by atoms with Crippen LogP contribution in [-0.2, 0) is 17.5 Å². The molecule has 1 aliphatic rings. The number of amides is 1. The zero-order valence-electron chi connectivity index (χ0n) is 19.5. The topological polar surface area (TPSA) is 75.7 Å². The fraction of sp³-hybridized carbons (Fsp3) is 0.458. The van der Waals surface area contributed by atoms with Crippen LogP contribution in [0.4, 0.5) is 18.9 Å². The first kappa shape index (κ1) is 26.8. The van der Waals surface area contributed by atoms with Crippen molar-refractivity contribution in [3.05, 3.63) is 53.3 Å². The van der Waals surface area contributed by atoms with Gasteiger partial charge in [0.2, 0.25) is 0 Å². The molecule has 35 heavy (non-hydrogen) atoms. The third-order valence-corrected chi connectivity index (χ3v) is 5.59. The molecule has 0 radical (unpaired) electrons. The smallest absolute Gasteiger partial charge is 0.420 e. The molecule has 1 fully saturated rings. The van der Waals surface area contributed by atoms with Gasteiger partial charge >= 0.3 is 6.18 Å². The largest absolute Gasteiger partial charge is 0.493 e. The van der Waals surface area contributed by atoms with Gasteiger partial charge < -0.3 is 14.8 Å². The number of halogens is 3. The Hall–Kier alpha value is -2.76. The van der Waals surface area contributed by atoms with E-state index >= 15 is 0 Å². The Morgan fingerprint density at radius 3 is 2.71 bits per heavy atom. The normalized spacial score (nSPS) is 14.4. The Labute approximate surface area is 208 Å². The summed E-state index contributed by atoms with van der Waals surface area (Å²) in [5, 5.41) is 5.06. The first-order valence-electron chi connectivity index (χ1n) is 11.5. The maximum atomic E-state index is 13.6. The predicted octanol–water partition coefficient (Wildman–Crippen LogP) is 4.63. The van der Waals surface area contributed by atoms with E-state index in [0.29, 0.717) is 37.4 Å². The molecule has 2 heterocycles. The lowest BCUT2D eigenvalue weighted by Gasteiger charge is -2.26. The van der Waals surface area contributed by atoms with Gasteiger partial charge in [-0.15, -0.1) is 0 Å². The summed E-state index contributed by atoms with van der Waals surface area (Å²) in [4.78, 5) is 19.3. The van der Waals surface area contributed by atoms with E-state index in [1.807, 2.05) is 6.92 Å². The molecule has 2 aromatic rings. The van der Waals surface area contributed by atoms with Crippen LogP contribution >= 0.6 is 12.2 Å². The number of hydrogen-bond donors (Lipinski definition) is 2. The highest BCUT2D eigenvalue weighted by Crippen LogP contribution is 2.38. The summed E-state index contributed by atoms with van der Waals surface area (Å²) in [6, 6.07) is 6.87. The van der Waals surface area contributed by atoms with Gasteiger partial charge in [-0.3, -0.25) is 20.0 Å². The summed E-state index contributed by atoms with van der Waals surface area (Å²) >= 11 is 5.18. The number of ether oxygens (including phenoxy) is 2. The van der Waals surface area contributed by atoms with Gasteiger partial charge in [0.05, 0.1) is 36.6 Å². The standard InChI is InChI=1S/C24H29F3N4O3S/c1-2-3-4-12-34-21-8-7-17(15-19(21)24(25,26)27)29-23(35)30-22(32)18-6-5-9-28-20(18)16-31-10-13-33-14-11-31/h5-9,15H,2-4,10-14,16H2,1H3,(H2,29,30,32,35). The minimum atomic E-state index is -4.60. The third-order valence-electron chi connectivity index (χ3n) is 5.39. The third kappa shape index (κ3) is 8.15. The highest BCUT2D eigenvalue weighted by atomic mass is 32.1. The first-order chi connectivity index (χ1) is 16.8. The van der Waals surface area contributed by atoms with Crippen molar-refractivity contribution in [1.82, 2.24) is 15.2 Å². The summed E-state index contributed by atoms with van der Waals surface area (Å²) in [6.07, 6.45) is -0.512. The summed E-state index contributed by atoms with van der Waals surface area (Å²) < 4.78 is 51.4. The minimum absolute atomic E-state index is 0.0864. The molecule has 11 heteroatoms. The summed E-state index contributed by atoms with van der Waals surface area (Å²) in [5.41, 5.74) is 0.102. The number of alkyl halides is 3. The van der Waals surface area contributed by atoms with Crippen LogP contribution in [0.2, 0.25) is 0 Å². The number of anilines is 1. The second-order valence-corrected chi connectivity index (χ2v) is 8.47. The number of thiocarbonyl (C=S) groups is 1. The van der Waals surface area contributed by atoms with E-state index in [1.165, 1.54) is 12.1 Å². The van der Waals surface area contributed by atoms with Gasteiger partial charge in [-0.2, -0.15) is 13.2 Å². The van der Waals surface area contributed by atoms with Crippen LogP contribution < -0.4 is 15.4 Å². The van der Waals surface area contributed by atoms with Gasteiger partial charge in [-0.25, -0.2) is 0 Å². The number of morpholine rings is 1. The van der Waals surface area contributed by atoms with Gasteiger partial charge in [0.15, 0.2) is 5.11 Å². The van der Waals surface area contributed by atoms with Crippen molar-refractivity contribution in [3.8, 4) is 5.75 Å². The predicted molar refractivity (Wildman–Crippen MR) is 130 cm³/mol. The number of hydrogen-bond acceptors (Lipinski definition) is 6. The molecular weight excluding hydrogens is 481 g/mol. The van der Waals surface area contributed by atoms with E-state index in [9.17, 15) is 18.0 Å². The van der Waals surface area contributed by atoms with Crippen LogP contribution in [0.1, 0.15) is 47.8 Å². The molecule has 0 spiro atoms. The fourth-order valence-corrected chi connectivity index (χ4v) is 3.77. The van der Waals surface area contributed by atoms with E-state index in [4.69, 9.17) is 21.7 Å². The number of carbonyl (C=O) groups excluding carboxylic acids is 1. The molecule has 0 bridgehead atoms. The molecule has 3 rings (SSSR count). The fourth-order valence-electron chi connectivity index (χ4n) is 3.56. The molecule has 0 saturated carbocycles. The Bertz CT molecular complexity index is 1010. The lowest BCUT2D eigenvalue weighted by atomic mass is 10.1. The number of nitrogens with one attached hydrogen (secondary N) is 2. The van der Waals surface area contributed by atoms with E-state index in [2.05, 4.69) is 20.5 Å². The molecule has 2 N–H and O–H groups in total. The molecule has 1 aliphatic heterocycles. The van der Waals surface area contributed by atoms with E-state index in [0.717, 1.165) is 32.0 Å². The van der Waals surface area contributed by atoms with Crippen LogP contribution in [0.25, 0.3) is 0 Å². The quantitative estimate of drug-likeness (QED) is 0.376. The van der Waals surface area contributed by atoms with Gasteiger partial charge in [0.25, 0.3) is 5.91 Å². The molecule has 0 unspecified atom stereocenters. The molecule has 1 saturated heterocycles. The maximum Gasteiger partial charge on any atom is 0.420 e. The van der Waals surface area contributed by atoms with Crippen molar-refractivity contribution in [3.63, 3.8) is 0 Å². The zero-order chi connectivity index (χ0) is 25.3. The van der Waals surface area contributed by atoms with Crippen LogP contribution in [-0.4, -0.2) is 53.8 Å². The second-order valence-electron chi connectivity index (χ2n) is 8.06. The number of rotatable bonds is 9. The summed E-state index contributed by atoms with van der Waals surface area (Å²) in [7, 11) is 0. The Morgan fingerprint density at radius 2 is 2.00 bits per heavy atom. The maximum absolute atomic E-state index is 13.6. The first-order valence-corrected chi connectivity index (χ1v) is 11.9. The Morgan fingerprint density at radius 1 is 1.23 bits per heavy atom. The lowest BCUT2D eigenvalue weighted by Crippen LogP contribution is -2.38. The van der Waals surface area contributed by atoms with Gasteiger partial charge in [0, 0.05) is 31.5 Å². The van der Waals surface area contributed by atoms with Crippen molar-refractivity contribution >= 4 is 28.9 Å². The highest BCUT2D eigenvalue weighted by Gasteiger charge is 2.35. The second kappa shape index (κ2) is 12.8. The molecule has 0 aliphatic carbocycles. The number of carbonyl (C=O) groups is 1. The lowest BCUT2D eigenvalue weighted by molar-refractivity contribution is -0.138. The Kier molecular flexibility index (Phi) is 9.82. The molecule has 1 amide bonds. The molecule has 0 atom stereocenters. The van der Waals surface area contributed by atoms with Crippen molar-refractivity contribution in [2.75, 3.05) is 38.2 Å². The number of unbranched alkanes of at least 4 members (excludes halogenated alkanes) is 2.